The van der Waals surface area contributed by atoms with Crippen LogP contribution in [0.15, 0.2) is 0 Å². The Balaban J connectivity index is 1.85. The molecule has 0 unspecified atom stereocenters. The molecule has 4 heteroatoms. The highest BCUT2D eigenvalue weighted by atomic mass is 16.6. The van der Waals surface area contributed by atoms with E-state index in [1.807, 2.05) is 20.8 Å². The normalized spacial score (nSPS) is 33.2. The summed E-state index contributed by atoms with van der Waals surface area (Å²) in [6.45, 7) is 6.97. The highest BCUT2D eigenvalue weighted by Gasteiger charge is 2.57. The summed E-state index contributed by atoms with van der Waals surface area (Å²) in [6, 6.07) is 2.27. The standard InChI is InChI=1S/C11H16N2O2/c1-11(2,3)15-10(14)13-5-8-7(4-12)9(8)6-13/h7-9H,5-6H2,1-3H3/t8-,9-/m1/s1. The third-order valence-corrected chi connectivity index (χ3v) is 2.99. The number of nitriles is 1. The Labute approximate surface area is 89.8 Å². The zero-order valence-corrected chi connectivity index (χ0v) is 9.36. The molecule has 1 aliphatic heterocycles. The van der Waals surface area contributed by atoms with E-state index in [0.717, 1.165) is 0 Å². The van der Waals surface area contributed by atoms with Gasteiger partial charge in [-0.15, -0.1) is 0 Å². The predicted octanol–water partition coefficient (Wildman–Crippen LogP) is 1.62. The Hall–Kier alpha value is -1.24. The average molecular weight is 208 g/mol. The van der Waals surface area contributed by atoms with Crippen LogP contribution in [-0.4, -0.2) is 29.7 Å². The van der Waals surface area contributed by atoms with Gasteiger partial charge < -0.3 is 9.64 Å². The van der Waals surface area contributed by atoms with Gasteiger partial charge in [0.2, 0.25) is 0 Å². The molecular formula is C11H16N2O2. The van der Waals surface area contributed by atoms with Crippen molar-refractivity contribution in [3.8, 4) is 6.07 Å². The number of carbonyl (C=O) groups excluding carboxylic acids is 1. The van der Waals surface area contributed by atoms with Gasteiger partial charge in [-0.1, -0.05) is 0 Å². The second kappa shape index (κ2) is 3.13. The molecule has 2 rings (SSSR count). The molecule has 1 saturated carbocycles. The van der Waals surface area contributed by atoms with E-state index in [1.165, 1.54) is 0 Å². The lowest BCUT2D eigenvalue weighted by atomic mass is 10.2. The van der Waals surface area contributed by atoms with Gasteiger partial charge in [0.1, 0.15) is 5.60 Å². The zero-order valence-electron chi connectivity index (χ0n) is 9.36. The Morgan fingerprint density at radius 3 is 2.33 bits per heavy atom. The number of carbonyl (C=O) groups is 1. The molecule has 1 saturated heterocycles. The SMILES string of the molecule is CC(C)(C)OC(=O)N1C[C@@H]2C(C#N)[C@H]2C1. The summed E-state index contributed by atoms with van der Waals surface area (Å²) in [5.74, 6) is 0.994. The van der Waals surface area contributed by atoms with Crippen molar-refractivity contribution in [1.29, 1.82) is 5.26 Å². The highest BCUT2D eigenvalue weighted by molar-refractivity contribution is 5.69. The zero-order chi connectivity index (χ0) is 11.2. The Bertz CT molecular complexity index is 314. The minimum Gasteiger partial charge on any atom is -0.444 e. The molecule has 2 atom stereocenters. The van der Waals surface area contributed by atoms with Gasteiger partial charge in [0, 0.05) is 13.1 Å². The number of amides is 1. The van der Waals surface area contributed by atoms with E-state index in [9.17, 15) is 4.79 Å². The van der Waals surface area contributed by atoms with Crippen LogP contribution < -0.4 is 0 Å². The van der Waals surface area contributed by atoms with Crippen LogP contribution >= 0.6 is 0 Å². The fourth-order valence-corrected chi connectivity index (χ4v) is 2.19. The smallest absolute Gasteiger partial charge is 0.410 e. The summed E-state index contributed by atoms with van der Waals surface area (Å²) in [7, 11) is 0. The van der Waals surface area contributed by atoms with Gasteiger partial charge in [-0.3, -0.25) is 0 Å². The monoisotopic (exact) mass is 208 g/mol. The van der Waals surface area contributed by atoms with Crippen LogP contribution in [0.4, 0.5) is 4.79 Å². The number of ether oxygens (including phenoxy) is 1. The average Bonchev–Trinajstić information content (AvgIpc) is 2.54. The molecule has 1 aliphatic carbocycles. The number of hydrogen-bond donors (Lipinski definition) is 0. The van der Waals surface area contributed by atoms with Crippen molar-refractivity contribution in [3.63, 3.8) is 0 Å². The first-order chi connectivity index (χ1) is 6.92. The number of nitrogens with zero attached hydrogens (tertiary/aromatic N) is 2. The second-order valence-corrected chi connectivity index (χ2v) is 5.37. The molecule has 0 bridgehead atoms. The van der Waals surface area contributed by atoms with E-state index >= 15 is 0 Å². The van der Waals surface area contributed by atoms with Gasteiger partial charge in [-0.05, 0) is 32.6 Å². The van der Waals surface area contributed by atoms with Crippen LogP contribution in [0, 0.1) is 29.1 Å². The van der Waals surface area contributed by atoms with Crippen LogP contribution in [0.1, 0.15) is 20.8 Å². The second-order valence-electron chi connectivity index (χ2n) is 5.37. The molecule has 0 aromatic heterocycles. The van der Waals surface area contributed by atoms with Crippen molar-refractivity contribution in [3.05, 3.63) is 0 Å². The number of hydrogen-bond acceptors (Lipinski definition) is 3. The van der Waals surface area contributed by atoms with Gasteiger partial charge in [-0.2, -0.15) is 5.26 Å². The van der Waals surface area contributed by atoms with Crippen molar-refractivity contribution < 1.29 is 9.53 Å². The summed E-state index contributed by atoms with van der Waals surface area (Å²) in [6.07, 6.45) is -0.244. The van der Waals surface area contributed by atoms with Gasteiger partial charge in [0.15, 0.2) is 0 Å². The Morgan fingerprint density at radius 1 is 1.40 bits per heavy atom. The summed E-state index contributed by atoms with van der Waals surface area (Å²) in [4.78, 5) is 13.4. The summed E-state index contributed by atoms with van der Waals surface area (Å²) in [5, 5.41) is 8.74. The van der Waals surface area contributed by atoms with Crippen LogP contribution in [-0.2, 0) is 4.74 Å². The van der Waals surface area contributed by atoms with Crippen LogP contribution in [0.3, 0.4) is 0 Å². The molecular weight excluding hydrogens is 192 g/mol. The molecule has 4 nitrogen and oxygen atoms in total. The van der Waals surface area contributed by atoms with Crippen LogP contribution in [0.5, 0.6) is 0 Å². The minimum absolute atomic E-state index is 0.184. The lowest BCUT2D eigenvalue weighted by Crippen LogP contribution is -2.36. The van der Waals surface area contributed by atoms with Gasteiger partial charge >= 0.3 is 6.09 Å². The van der Waals surface area contributed by atoms with Crippen molar-refractivity contribution >= 4 is 6.09 Å². The topological polar surface area (TPSA) is 53.3 Å². The van der Waals surface area contributed by atoms with Gasteiger partial charge in [0.25, 0.3) is 0 Å². The van der Waals surface area contributed by atoms with Crippen LogP contribution in [0.2, 0.25) is 0 Å². The molecule has 82 valence electrons. The Kier molecular flexibility index (Phi) is 2.14. The largest absolute Gasteiger partial charge is 0.444 e. The maximum absolute atomic E-state index is 11.6. The predicted molar refractivity (Wildman–Crippen MR) is 53.9 cm³/mol. The summed E-state index contributed by atoms with van der Waals surface area (Å²) in [5.41, 5.74) is -0.432. The molecule has 1 amide bonds. The van der Waals surface area contributed by atoms with Crippen LogP contribution in [0.25, 0.3) is 0 Å². The molecule has 2 fully saturated rings. The first-order valence-electron chi connectivity index (χ1n) is 5.30. The lowest BCUT2D eigenvalue weighted by Gasteiger charge is -2.25. The lowest BCUT2D eigenvalue weighted by molar-refractivity contribution is 0.0269. The van der Waals surface area contributed by atoms with Gasteiger partial charge in [0.05, 0.1) is 12.0 Å². The third kappa shape index (κ3) is 1.92. The maximum atomic E-state index is 11.6. The molecule has 0 N–H and O–H groups in total. The molecule has 0 aromatic carbocycles. The first kappa shape index (κ1) is 10.3. The summed E-state index contributed by atoms with van der Waals surface area (Å²) < 4.78 is 5.26. The van der Waals surface area contributed by atoms with Crippen molar-refractivity contribution in [1.82, 2.24) is 4.90 Å². The van der Waals surface area contributed by atoms with E-state index in [2.05, 4.69) is 6.07 Å². The van der Waals surface area contributed by atoms with Crippen molar-refractivity contribution in [2.24, 2.45) is 17.8 Å². The van der Waals surface area contributed by atoms with E-state index in [4.69, 9.17) is 10.00 Å². The first-order valence-corrected chi connectivity index (χ1v) is 5.30. The number of rotatable bonds is 0. The molecule has 0 aromatic rings. The van der Waals surface area contributed by atoms with E-state index in [1.54, 1.807) is 4.90 Å². The van der Waals surface area contributed by atoms with Gasteiger partial charge in [-0.25, -0.2) is 4.79 Å². The number of piperidine rings is 1. The van der Waals surface area contributed by atoms with Crippen molar-refractivity contribution in [2.75, 3.05) is 13.1 Å². The molecule has 0 spiro atoms. The minimum atomic E-state index is -0.432. The highest BCUT2D eigenvalue weighted by Crippen LogP contribution is 2.51. The quantitative estimate of drug-likeness (QED) is 0.608. The maximum Gasteiger partial charge on any atom is 0.410 e. The summed E-state index contributed by atoms with van der Waals surface area (Å²) >= 11 is 0. The molecule has 0 radical (unpaired) electrons. The van der Waals surface area contributed by atoms with E-state index in [-0.39, 0.29) is 12.0 Å². The molecule has 1 heterocycles. The number of likely N-dealkylation sites (tertiary alicyclic amines) is 1. The fourth-order valence-electron chi connectivity index (χ4n) is 2.19. The molecule has 15 heavy (non-hydrogen) atoms. The van der Waals surface area contributed by atoms with E-state index in [0.29, 0.717) is 24.9 Å². The fraction of sp³-hybridized carbons (Fsp3) is 0.818. The van der Waals surface area contributed by atoms with Crippen molar-refractivity contribution in [2.45, 2.75) is 26.4 Å². The van der Waals surface area contributed by atoms with E-state index < -0.39 is 5.60 Å². The Morgan fingerprint density at radius 2 is 1.93 bits per heavy atom. The number of fused-ring (bicyclic) bond motifs is 1. The third-order valence-electron chi connectivity index (χ3n) is 2.99. The molecule has 2 aliphatic rings.